The molecular formula is C11H19NO6S. The van der Waals surface area contributed by atoms with Gasteiger partial charge in [-0.05, 0) is 19.8 Å². The standard InChI is InChI=1S/C11H19NO6S/c1-7-8(3-5-18-7)10(13)12-9(11(14)15)4-6-19(2,16)17/h7-9H,3-6H2,1-2H3,(H,12,13)(H,14,15). The fraction of sp³-hybridized carbons (Fsp3) is 0.818. The Kier molecular flexibility index (Phi) is 5.30. The van der Waals surface area contributed by atoms with Gasteiger partial charge in [-0.15, -0.1) is 0 Å². The Morgan fingerprint density at radius 2 is 2.11 bits per heavy atom. The number of amides is 1. The van der Waals surface area contributed by atoms with Crippen molar-refractivity contribution in [2.24, 2.45) is 5.92 Å². The van der Waals surface area contributed by atoms with Gasteiger partial charge in [0.2, 0.25) is 5.91 Å². The van der Waals surface area contributed by atoms with Crippen LogP contribution in [0.3, 0.4) is 0 Å². The van der Waals surface area contributed by atoms with Crippen molar-refractivity contribution in [3.63, 3.8) is 0 Å². The molecule has 0 radical (unpaired) electrons. The minimum atomic E-state index is -3.26. The molecule has 1 amide bonds. The maximum absolute atomic E-state index is 11.9. The normalized spacial score (nSPS) is 24.9. The van der Waals surface area contributed by atoms with Crippen LogP contribution in [0.15, 0.2) is 0 Å². The third-order valence-electron chi connectivity index (χ3n) is 3.10. The SMILES string of the molecule is CC1OCCC1C(=O)NC(CCS(C)(=O)=O)C(=O)O. The van der Waals surface area contributed by atoms with Gasteiger partial charge in [-0.1, -0.05) is 0 Å². The number of aliphatic carboxylic acids is 1. The summed E-state index contributed by atoms with van der Waals surface area (Å²) in [6, 6.07) is -1.19. The Bertz CT molecular complexity index is 446. The first-order valence-electron chi connectivity index (χ1n) is 6.03. The van der Waals surface area contributed by atoms with Crippen molar-refractivity contribution in [1.29, 1.82) is 0 Å². The van der Waals surface area contributed by atoms with Gasteiger partial charge in [-0.2, -0.15) is 0 Å². The van der Waals surface area contributed by atoms with Gasteiger partial charge < -0.3 is 15.2 Å². The van der Waals surface area contributed by atoms with Crippen molar-refractivity contribution >= 4 is 21.7 Å². The number of hydrogen-bond donors (Lipinski definition) is 2. The fourth-order valence-electron chi connectivity index (χ4n) is 1.94. The summed E-state index contributed by atoms with van der Waals surface area (Å²) in [6.45, 7) is 2.23. The van der Waals surface area contributed by atoms with Gasteiger partial charge in [0.1, 0.15) is 15.9 Å². The van der Waals surface area contributed by atoms with Gasteiger partial charge in [0.05, 0.1) is 17.8 Å². The molecule has 1 aliphatic heterocycles. The number of ether oxygens (including phenoxy) is 1. The van der Waals surface area contributed by atoms with Crippen molar-refractivity contribution < 1.29 is 27.9 Å². The van der Waals surface area contributed by atoms with E-state index in [1.54, 1.807) is 6.92 Å². The third-order valence-corrected chi connectivity index (χ3v) is 4.08. The van der Waals surface area contributed by atoms with Crippen LogP contribution in [0.5, 0.6) is 0 Å². The van der Waals surface area contributed by atoms with Gasteiger partial charge in [0.25, 0.3) is 0 Å². The highest BCUT2D eigenvalue weighted by atomic mass is 32.2. The molecule has 0 bridgehead atoms. The monoisotopic (exact) mass is 293 g/mol. The van der Waals surface area contributed by atoms with Crippen molar-refractivity contribution in [2.45, 2.75) is 31.9 Å². The van der Waals surface area contributed by atoms with Crippen LogP contribution in [-0.2, 0) is 24.2 Å². The summed E-state index contributed by atoms with van der Waals surface area (Å²) in [4.78, 5) is 22.9. The number of carbonyl (C=O) groups excluding carboxylic acids is 1. The van der Waals surface area contributed by atoms with Crippen molar-refractivity contribution in [2.75, 3.05) is 18.6 Å². The second-order valence-electron chi connectivity index (χ2n) is 4.79. The van der Waals surface area contributed by atoms with E-state index >= 15 is 0 Å². The molecule has 1 rings (SSSR count). The molecule has 1 fully saturated rings. The van der Waals surface area contributed by atoms with E-state index in [0.717, 1.165) is 6.26 Å². The smallest absolute Gasteiger partial charge is 0.326 e. The molecule has 19 heavy (non-hydrogen) atoms. The topological polar surface area (TPSA) is 110 Å². The van der Waals surface area contributed by atoms with Crippen molar-refractivity contribution in [3.8, 4) is 0 Å². The number of carboxylic acids is 1. The van der Waals surface area contributed by atoms with Crippen molar-refractivity contribution in [3.05, 3.63) is 0 Å². The molecule has 2 N–H and O–H groups in total. The second-order valence-corrected chi connectivity index (χ2v) is 7.05. The molecule has 8 heteroatoms. The number of rotatable bonds is 6. The Morgan fingerprint density at radius 1 is 1.47 bits per heavy atom. The molecule has 1 heterocycles. The summed E-state index contributed by atoms with van der Waals surface area (Å²) in [5, 5.41) is 11.4. The molecule has 1 saturated heterocycles. The number of carboxylic acid groups (broad SMARTS) is 1. The first-order chi connectivity index (χ1) is 8.70. The highest BCUT2D eigenvalue weighted by Gasteiger charge is 2.33. The maximum Gasteiger partial charge on any atom is 0.326 e. The van der Waals surface area contributed by atoms with Gasteiger partial charge >= 0.3 is 5.97 Å². The zero-order valence-corrected chi connectivity index (χ0v) is 11.8. The minimum absolute atomic E-state index is 0.137. The summed E-state index contributed by atoms with van der Waals surface area (Å²) in [5.74, 6) is -2.28. The molecule has 3 unspecified atom stereocenters. The number of hydrogen-bond acceptors (Lipinski definition) is 5. The van der Waals surface area contributed by atoms with Crippen LogP contribution in [0.1, 0.15) is 19.8 Å². The van der Waals surface area contributed by atoms with E-state index in [0.29, 0.717) is 13.0 Å². The summed E-state index contributed by atoms with van der Waals surface area (Å²) in [7, 11) is -3.26. The molecule has 0 spiro atoms. The molecule has 0 aromatic heterocycles. The van der Waals surface area contributed by atoms with E-state index in [1.165, 1.54) is 0 Å². The van der Waals surface area contributed by atoms with Crippen LogP contribution in [0.25, 0.3) is 0 Å². The Balaban J connectivity index is 2.58. The van der Waals surface area contributed by atoms with Gasteiger partial charge in [0, 0.05) is 12.9 Å². The Labute approximate surface area is 112 Å². The number of sulfone groups is 1. The average molecular weight is 293 g/mol. The van der Waals surface area contributed by atoms with Crippen LogP contribution in [-0.4, -0.2) is 56.2 Å². The minimum Gasteiger partial charge on any atom is -0.480 e. The van der Waals surface area contributed by atoms with E-state index in [1.807, 2.05) is 0 Å². The Hall–Kier alpha value is -1.15. The largest absolute Gasteiger partial charge is 0.480 e. The molecule has 0 aromatic carbocycles. The van der Waals surface area contributed by atoms with E-state index in [2.05, 4.69) is 5.32 Å². The average Bonchev–Trinajstić information content (AvgIpc) is 2.68. The number of carbonyl (C=O) groups is 2. The molecule has 1 aliphatic rings. The van der Waals surface area contributed by atoms with Crippen LogP contribution < -0.4 is 5.32 Å². The lowest BCUT2D eigenvalue weighted by molar-refractivity contribution is -0.142. The summed E-state index contributed by atoms with van der Waals surface area (Å²) in [5.41, 5.74) is 0. The summed E-state index contributed by atoms with van der Waals surface area (Å²) in [6.07, 6.45) is 1.19. The predicted molar refractivity (Wildman–Crippen MR) is 67.4 cm³/mol. The van der Waals surface area contributed by atoms with E-state index in [-0.39, 0.29) is 24.2 Å². The van der Waals surface area contributed by atoms with Gasteiger partial charge in [0.15, 0.2) is 0 Å². The first-order valence-corrected chi connectivity index (χ1v) is 8.09. The molecule has 3 atom stereocenters. The highest BCUT2D eigenvalue weighted by Crippen LogP contribution is 2.20. The molecule has 0 saturated carbocycles. The highest BCUT2D eigenvalue weighted by molar-refractivity contribution is 7.90. The molecular weight excluding hydrogens is 274 g/mol. The van der Waals surface area contributed by atoms with Crippen LogP contribution >= 0.6 is 0 Å². The quantitative estimate of drug-likeness (QED) is 0.677. The first kappa shape index (κ1) is 15.9. The zero-order valence-electron chi connectivity index (χ0n) is 11.0. The van der Waals surface area contributed by atoms with Crippen LogP contribution in [0.4, 0.5) is 0 Å². The lowest BCUT2D eigenvalue weighted by Gasteiger charge is -2.18. The molecule has 0 aliphatic carbocycles. The molecule has 110 valence electrons. The molecule has 0 aromatic rings. The van der Waals surface area contributed by atoms with Gasteiger partial charge in [-0.3, -0.25) is 4.79 Å². The Morgan fingerprint density at radius 3 is 2.53 bits per heavy atom. The lowest BCUT2D eigenvalue weighted by Crippen LogP contribution is -2.45. The van der Waals surface area contributed by atoms with Crippen LogP contribution in [0.2, 0.25) is 0 Å². The van der Waals surface area contributed by atoms with Gasteiger partial charge in [-0.25, -0.2) is 13.2 Å². The maximum atomic E-state index is 11.9. The van der Waals surface area contributed by atoms with Crippen LogP contribution in [0, 0.1) is 5.92 Å². The number of nitrogens with one attached hydrogen (secondary N) is 1. The molecule has 7 nitrogen and oxygen atoms in total. The summed E-state index contributed by atoms with van der Waals surface area (Å²) >= 11 is 0. The van der Waals surface area contributed by atoms with E-state index < -0.39 is 27.8 Å². The van der Waals surface area contributed by atoms with Crippen molar-refractivity contribution in [1.82, 2.24) is 5.32 Å². The third kappa shape index (κ3) is 5.15. The fourth-order valence-corrected chi connectivity index (χ4v) is 2.61. The van der Waals surface area contributed by atoms with E-state index in [9.17, 15) is 18.0 Å². The van der Waals surface area contributed by atoms with E-state index in [4.69, 9.17) is 9.84 Å². The lowest BCUT2D eigenvalue weighted by atomic mass is 10.0. The predicted octanol–water partition coefficient (Wildman–Crippen LogP) is -0.584. The zero-order chi connectivity index (χ0) is 14.6. The second kappa shape index (κ2) is 6.33. The summed E-state index contributed by atoms with van der Waals surface area (Å²) < 4.78 is 27.3.